The SMILES string of the molecule is CC(C#N)NC1(C)CCC1. The van der Waals surface area contributed by atoms with E-state index in [9.17, 15) is 0 Å². The van der Waals surface area contributed by atoms with Crippen molar-refractivity contribution >= 4 is 0 Å². The Morgan fingerprint density at radius 2 is 2.20 bits per heavy atom. The minimum absolute atomic E-state index is 0.00491. The highest BCUT2D eigenvalue weighted by Gasteiger charge is 2.32. The zero-order valence-electron chi connectivity index (χ0n) is 6.65. The van der Waals surface area contributed by atoms with Gasteiger partial charge in [-0.2, -0.15) is 5.26 Å². The predicted octanol–water partition coefficient (Wildman–Crippen LogP) is 1.43. The van der Waals surface area contributed by atoms with Gasteiger partial charge in [-0.05, 0) is 33.1 Å². The molecule has 0 aliphatic heterocycles. The summed E-state index contributed by atoms with van der Waals surface area (Å²) in [4.78, 5) is 0. The van der Waals surface area contributed by atoms with E-state index < -0.39 is 0 Å². The molecule has 0 bridgehead atoms. The zero-order chi connectivity index (χ0) is 7.61. The maximum atomic E-state index is 8.51. The third-order valence-corrected chi connectivity index (χ3v) is 2.22. The van der Waals surface area contributed by atoms with Crippen molar-refractivity contribution in [2.45, 2.75) is 44.7 Å². The molecule has 1 rings (SSSR count). The predicted molar refractivity (Wildman–Crippen MR) is 40.5 cm³/mol. The van der Waals surface area contributed by atoms with Crippen LogP contribution < -0.4 is 5.32 Å². The summed E-state index contributed by atoms with van der Waals surface area (Å²) in [7, 11) is 0. The fourth-order valence-electron chi connectivity index (χ4n) is 1.41. The molecular formula is C8H14N2. The molecule has 1 aliphatic rings. The van der Waals surface area contributed by atoms with Gasteiger partial charge in [-0.3, -0.25) is 5.32 Å². The average molecular weight is 138 g/mol. The van der Waals surface area contributed by atoms with E-state index >= 15 is 0 Å². The fourth-order valence-corrected chi connectivity index (χ4v) is 1.41. The van der Waals surface area contributed by atoms with Crippen LogP contribution in [-0.2, 0) is 0 Å². The second-order valence-corrected chi connectivity index (χ2v) is 3.41. The second-order valence-electron chi connectivity index (χ2n) is 3.41. The fraction of sp³-hybridized carbons (Fsp3) is 0.875. The van der Waals surface area contributed by atoms with Crippen LogP contribution in [0.1, 0.15) is 33.1 Å². The van der Waals surface area contributed by atoms with Crippen LogP contribution in [0.2, 0.25) is 0 Å². The van der Waals surface area contributed by atoms with Crippen LogP contribution in [-0.4, -0.2) is 11.6 Å². The first-order valence-corrected chi connectivity index (χ1v) is 3.84. The van der Waals surface area contributed by atoms with Crippen LogP contribution in [0.4, 0.5) is 0 Å². The standard InChI is InChI=1S/C8H14N2/c1-7(6-9)10-8(2)4-3-5-8/h7,10H,3-5H2,1-2H3. The normalized spacial score (nSPS) is 24.5. The third-order valence-electron chi connectivity index (χ3n) is 2.22. The summed E-state index contributed by atoms with van der Waals surface area (Å²) in [5, 5.41) is 11.8. The summed E-state index contributed by atoms with van der Waals surface area (Å²) in [5.41, 5.74) is 0.273. The summed E-state index contributed by atoms with van der Waals surface area (Å²) in [6, 6.07) is 2.18. The second kappa shape index (κ2) is 2.59. The molecule has 0 aromatic rings. The van der Waals surface area contributed by atoms with Crippen LogP contribution in [0, 0.1) is 11.3 Å². The molecule has 0 aromatic carbocycles. The Bertz CT molecular complexity index is 153. The van der Waals surface area contributed by atoms with Crippen molar-refractivity contribution < 1.29 is 0 Å². The molecule has 2 heteroatoms. The first-order chi connectivity index (χ1) is 4.66. The number of rotatable bonds is 2. The lowest BCUT2D eigenvalue weighted by Crippen LogP contribution is -2.51. The van der Waals surface area contributed by atoms with E-state index in [-0.39, 0.29) is 11.6 Å². The molecule has 1 aliphatic carbocycles. The summed E-state index contributed by atoms with van der Waals surface area (Å²) in [6.07, 6.45) is 3.75. The molecule has 56 valence electrons. The molecule has 2 nitrogen and oxygen atoms in total. The van der Waals surface area contributed by atoms with E-state index in [0.717, 1.165) is 0 Å². The summed E-state index contributed by atoms with van der Waals surface area (Å²) in [5.74, 6) is 0. The lowest BCUT2D eigenvalue weighted by atomic mass is 9.78. The summed E-state index contributed by atoms with van der Waals surface area (Å²) >= 11 is 0. The van der Waals surface area contributed by atoms with Gasteiger partial charge in [0.15, 0.2) is 0 Å². The van der Waals surface area contributed by atoms with Crippen molar-refractivity contribution in [2.75, 3.05) is 0 Å². The highest BCUT2D eigenvalue weighted by molar-refractivity contribution is 4.98. The number of nitrogens with zero attached hydrogens (tertiary/aromatic N) is 1. The minimum atomic E-state index is 0.00491. The first-order valence-electron chi connectivity index (χ1n) is 3.84. The van der Waals surface area contributed by atoms with Gasteiger partial charge in [0.1, 0.15) is 0 Å². The van der Waals surface area contributed by atoms with E-state index in [1.165, 1.54) is 19.3 Å². The van der Waals surface area contributed by atoms with Crippen LogP contribution >= 0.6 is 0 Å². The van der Waals surface area contributed by atoms with Gasteiger partial charge in [0.2, 0.25) is 0 Å². The van der Waals surface area contributed by atoms with Crippen molar-refractivity contribution in [3.05, 3.63) is 0 Å². The summed E-state index contributed by atoms with van der Waals surface area (Å²) in [6.45, 7) is 4.09. The Labute approximate surface area is 62.2 Å². The molecule has 10 heavy (non-hydrogen) atoms. The molecule has 1 atom stereocenters. The maximum absolute atomic E-state index is 8.51. The third kappa shape index (κ3) is 1.48. The molecule has 0 radical (unpaired) electrons. The number of hydrogen-bond acceptors (Lipinski definition) is 2. The lowest BCUT2D eigenvalue weighted by molar-refractivity contribution is 0.201. The van der Waals surface area contributed by atoms with Gasteiger partial charge in [0, 0.05) is 5.54 Å². The molecule has 1 saturated carbocycles. The van der Waals surface area contributed by atoms with Gasteiger partial charge in [-0.1, -0.05) is 0 Å². The van der Waals surface area contributed by atoms with E-state index in [1.54, 1.807) is 0 Å². The van der Waals surface area contributed by atoms with E-state index in [0.29, 0.717) is 0 Å². The Kier molecular flexibility index (Phi) is 1.96. The zero-order valence-corrected chi connectivity index (χ0v) is 6.65. The molecule has 1 unspecified atom stereocenters. The summed E-state index contributed by atoms with van der Waals surface area (Å²) < 4.78 is 0. The molecule has 1 N–H and O–H groups in total. The molecule has 0 aromatic heterocycles. The Morgan fingerprint density at radius 3 is 2.50 bits per heavy atom. The quantitative estimate of drug-likeness (QED) is 0.626. The molecule has 0 amide bonds. The lowest BCUT2D eigenvalue weighted by Gasteiger charge is -2.40. The minimum Gasteiger partial charge on any atom is -0.297 e. The van der Waals surface area contributed by atoms with Gasteiger partial charge >= 0.3 is 0 Å². The topological polar surface area (TPSA) is 35.8 Å². The molecule has 0 heterocycles. The Balaban J connectivity index is 2.31. The largest absolute Gasteiger partial charge is 0.297 e. The Hall–Kier alpha value is -0.550. The van der Waals surface area contributed by atoms with Crippen LogP contribution in [0.25, 0.3) is 0 Å². The maximum Gasteiger partial charge on any atom is 0.0928 e. The van der Waals surface area contributed by atoms with E-state index in [2.05, 4.69) is 18.3 Å². The van der Waals surface area contributed by atoms with Crippen molar-refractivity contribution in [1.82, 2.24) is 5.32 Å². The molecule has 0 saturated heterocycles. The Morgan fingerprint density at radius 1 is 1.60 bits per heavy atom. The van der Waals surface area contributed by atoms with Crippen LogP contribution in [0.3, 0.4) is 0 Å². The van der Waals surface area contributed by atoms with Gasteiger partial charge in [0.05, 0.1) is 12.1 Å². The molecular weight excluding hydrogens is 124 g/mol. The van der Waals surface area contributed by atoms with Crippen molar-refractivity contribution in [2.24, 2.45) is 0 Å². The van der Waals surface area contributed by atoms with Crippen LogP contribution in [0.15, 0.2) is 0 Å². The van der Waals surface area contributed by atoms with Gasteiger partial charge < -0.3 is 0 Å². The van der Waals surface area contributed by atoms with Gasteiger partial charge in [0.25, 0.3) is 0 Å². The van der Waals surface area contributed by atoms with E-state index in [1.807, 2.05) is 6.92 Å². The van der Waals surface area contributed by atoms with Crippen LogP contribution in [0.5, 0.6) is 0 Å². The van der Waals surface area contributed by atoms with Crippen molar-refractivity contribution in [3.63, 3.8) is 0 Å². The highest BCUT2D eigenvalue weighted by Crippen LogP contribution is 2.31. The highest BCUT2D eigenvalue weighted by atomic mass is 15.0. The van der Waals surface area contributed by atoms with E-state index in [4.69, 9.17) is 5.26 Å². The van der Waals surface area contributed by atoms with Gasteiger partial charge in [-0.15, -0.1) is 0 Å². The smallest absolute Gasteiger partial charge is 0.0928 e. The first kappa shape index (κ1) is 7.56. The van der Waals surface area contributed by atoms with Gasteiger partial charge in [-0.25, -0.2) is 0 Å². The molecule has 0 spiro atoms. The molecule has 1 fully saturated rings. The van der Waals surface area contributed by atoms with Crippen molar-refractivity contribution in [3.8, 4) is 6.07 Å². The van der Waals surface area contributed by atoms with Crippen molar-refractivity contribution in [1.29, 1.82) is 5.26 Å². The number of nitriles is 1. The monoisotopic (exact) mass is 138 g/mol. The average Bonchev–Trinajstić information content (AvgIpc) is 1.84. The number of nitrogens with one attached hydrogen (secondary N) is 1. The number of hydrogen-bond donors (Lipinski definition) is 1.